The first-order valence-electron chi connectivity index (χ1n) is 8.64. The van der Waals surface area contributed by atoms with Gasteiger partial charge in [-0.1, -0.05) is 23.4 Å². The summed E-state index contributed by atoms with van der Waals surface area (Å²) >= 11 is 0. The molecule has 0 bridgehead atoms. The number of ether oxygens (including phenoxy) is 2. The Labute approximate surface area is 147 Å². The van der Waals surface area contributed by atoms with Gasteiger partial charge in [0.25, 0.3) is 0 Å². The molecule has 0 spiro atoms. The summed E-state index contributed by atoms with van der Waals surface area (Å²) in [7, 11) is 0. The molecule has 1 aliphatic rings. The third kappa shape index (κ3) is 4.60. The molecular weight excluding hydrogens is 320 g/mol. The maximum atomic E-state index is 12.4. The van der Waals surface area contributed by atoms with Crippen LogP contribution >= 0.6 is 0 Å². The lowest BCUT2D eigenvalue weighted by Crippen LogP contribution is -2.51. The molecule has 0 radical (unpaired) electrons. The van der Waals surface area contributed by atoms with Gasteiger partial charge in [0.2, 0.25) is 5.91 Å². The van der Waals surface area contributed by atoms with Crippen LogP contribution in [-0.2, 0) is 16.0 Å². The van der Waals surface area contributed by atoms with E-state index in [1.165, 1.54) is 0 Å². The Morgan fingerprint density at radius 2 is 2.12 bits per heavy atom. The van der Waals surface area contributed by atoms with E-state index in [2.05, 4.69) is 10.5 Å². The standard InChI is InChI=1S/C19H24N2O4/c1-13-16(14(2)25-21-13)8-9-19(22)20-17-12-23-11-10-18(17)24-15-6-4-3-5-7-15/h3-7,17-18H,8-12H2,1-2H3,(H,20,22)/t17-,18+/m1/s1. The van der Waals surface area contributed by atoms with Crippen LogP contribution in [0.2, 0.25) is 0 Å². The second-order valence-corrected chi connectivity index (χ2v) is 6.31. The SMILES string of the molecule is Cc1noc(C)c1CCC(=O)N[C@@H]1COCC[C@@H]1Oc1ccccc1. The summed E-state index contributed by atoms with van der Waals surface area (Å²) in [5, 5.41) is 6.97. The topological polar surface area (TPSA) is 73.6 Å². The van der Waals surface area contributed by atoms with Gasteiger partial charge in [-0.2, -0.15) is 0 Å². The Balaban J connectivity index is 1.55. The van der Waals surface area contributed by atoms with Gasteiger partial charge in [-0.05, 0) is 32.4 Å². The van der Waals surface area contributed by atoms with Crippen molar-refractivity contribution in [2.75, 3.05) is 13.2 Å². The molecule has 2 heterocycles. The first kappa shape index (κ1) is 17.5. The van der Waals surface area contributed by atoms with E-state index in [1.54, 1.807) is 0 Å². The van der Waals surface area contributed by atoms with Crippen molar-refractivity contribution in [2.45, 2.75) is 45.3 Å². The zero-order valence-electron chi connectivity index (χ0n) is 14.7. The highest BCUT2D eigenvalue weighted by Crippen LogP contribution is 2.18. The summed E-state index contributed by atoms with van der Waals surface area (Å²) in [6.45, 7) is 4.87. The average Bonchev–Trinajstić information content (AvgIpc) is 2.94. The number of nitrogens with zero attached hydrogens (tertiary/aromatic N) is 1. The molecule has 1 aromatic carbocycles. The fraction of sp³-hybridized carbons (Fsp3) is 0.474. The number of para-hydroxylation sites is 1. The van der Waals surface area contributed by atoms with Gasteiger partial charge in [0.05, 0.1) is 24.9 Å². The molecule has 6 heteroatoms. The van der Waals surface area contributed by atoms with E-state index in [0.29, 0.717) is 26.1 Å². The zero-order valence-corrected chi connectivity index (χ0v) is 14.7. The van der Waals surface area contributed by atoms with E-state index < -0.39 is 0 Å². The summed E-state index contributed by atoms with van der Waals surface area (Å²) in [5.74, 6) is 1.57. The normalized spacial score (nSPS) is 20.2. The van der Waals surface area contributed by atoms with Gasteiger partial charge in [0.15, 0.2) is 0 Å². The largest absolute Gasteiger partial charge is 0.488 e. The highest BCUT2D eigenvalue weighted by atomic mass is 16.5. The molecule has 1 N–H and O–H groups in total. The number of benzene rings is 1. The van der Waals surface area contributed by atoms with Crippen LogP contribution in [0.3, 0.4) is 0 Å². The van der Waals surface area contributed by atoms with Crippen molar-refractivity contribution in [2.24, 2.45) is 0 Å². The van der Waals surface area contributed by atoms with Crippen LogP contribution in [0, 0.1) is 13.8 Å². The van der Waals surface area contributed by atoms with Gasteiger partial charge in [0.1, 0.15) is 17.6 Å². The lowest BCUT2D eigenvalue weighted by atomic mass is 10.0. The molecular formula is C19H24N2O4. The Bertz CT molecular complexity index is 679. The number of carbonyl (C=O) groups excluding carboxylic acids is 1. The number of aryl methyl sites for hydroxylation is 2. The summed E-state index contributed by atoms with van der Waals surface area (Å²) < 4.78 is 16.7. The van der Waals surface area contributed by atoms with Crippen molar-refractivity contribution >= 4 is 5.91 Å². The summed E-state index contributed by atoms with van der Waals surface area (Å²) in [6.07, 6.45) is 1.67. The van der Waals surface area contributed by atoms with Crippen molar-refractivity contribution in [3.05, 3.63) is 47.3 Å². The molecule has 2 aromatic rings. The maximum absolute atomic E-state index is 12.4. The van der Waals surface area contributed by atoms with Crippen molar-refractivity contribution in [3.63, 3.8) is 0 Å². The molecule has 6 nitrogen and oxygen atoms in total. The van der Waals surface area contributed by atoms with E-state index in [-0.39, 0.29) is 18.1 Å². The number of aromatic nitrogens is 1. The number of rotatable bonds is 6. The monoisotopic (exact) mass is 344 g/mol. The Morgan fingerprint density at radius 1 is 1.32 bits per heavy atom. The van der Waals surface area contributed by atoms with E-state index in [9.17, 15) is 4.79 Å². The van der Waals surface area contributed by atoms with Crippen LogP contribution in [0.5, 0.6) is 5.75 Å². The van der Waals surface area contributed by atoms with Crippen LogP contribution in [-0.4, -0.2) is 36.4 Å². The Hall–Kier alpha value is -2.34. The minimum atomic E-state index is -0.147. The summed E-state index contributed by atoms with van der Waals surface area (Å²) in [4.78, 5) is 12.4. The molecule has 1 aromatic heterocycles. The first-order chi connectivity index (χ1) is 12.1. The van der Waals surface area contributed by atoms with Crippen LogP contribution < -0.4 is 10.1 Å². The first-order valence-corrected chi connectivity index (χ1v) is 8.64. The Morgan fingerprint density at radius 3 is 2.84 bits per heavy atom. The minimum Gasteiger partial charge on any atom is -0.488 e. The van der Waals surface area contributed by atoms with Gasteiger partial charge < -0.3 is 19.3 Å². The maximum Gasteiger partial charge on any atom is 0.220 e. The third-order valence-electron chi connectivity index (χ3n) is 4.45. The van der Waals surface area contributed by atoms with Crippen LogP contribution in [0.4, 0.5) is 0 Å². The highest BCUT2D eigenvalue weighted by molar-refractivity contribution is 5.76. The lowest BCUT2D eigenvalue weighted by molar-refractivity contribution is -0.124. The second-order valence-electron chi connectivity index (χ2n) is 6.31. The summed E-state index contributed by atoms with van der Waals surface area (Å²) in [6, 6.07) is 9.52. The molecule has 0 unspecified atom stereocenters. The molecule has 3 rings (SSSR count). The Kier molecular flexibility index (Phi) is 5.71. The molecule has 134 valence electrons. The quantitative estimate of drug-likeness (QED) is 0.872. The van der Waals surface area contributed by atoms with Crippen molar-refractivity contribution in [3.8, 4) is 5.75 Å². The fourth-order valence-corrected chi connectivity index (χ4v) is 3.04. The zero-order chi connectivity index (χ0) is 17.6. The molecule has 1 aliphatic heterocycles. The molecule has 0 saturated carbocycles. The smallest absolute Gasteiger partial charge is 0.220 e. The lowest BCUT2D eigenvalue weighted by Gasteiger charge is -2.32. The van der Waals surface area contributed by atoms with Crippen molar-refractivity contribution in [1.29, 1.82) is 0 Å². The van der Waals surface area contributed by atoms with Crippen molar-refractivity contribution < 1.29 is 18.8 Å². The number of nitrogens with one attached hydrogen (secondary N) is 1. The van der Waals surface area contributed by atoms with E-state index >= 15 is 0 Å². The van der Waals surface area contributed by atoms with E-state index in [1.807, 2.05) is 44.2 Å². The van der Waals surface area contributed by atoms with Gasteiger partial charge in [-0.15, -0.1) is 0 Å². The molecule has 1 fully saturated rings. The molecule has 2 atom stereocenters. The fourth-order valence-electron chi connectivity index (χ4n) is 3.04. The average molecular weight is 344 g/mol. The van der Waals surface area contributed by atoms with Crippen LogP contribution in [0.15, 0.2) is 34.9 Å². The molecule has 25 heavy (non-hydrogen) atoms. The van der Waals surface area contributed by atoms with Gasteiger partial charge in [0, 0.05) is 18.4 Å². The summed E-state index contributed by atoms with van der Waals surface area (Å²) in [5.41, 5.74) is 1.85. The van der Waals surface area contributed by atoms with Crippen LogP contribution in [0.1, 0.15) is 29.9 Å². The van der Waals surface area contributed by atoms with Gasteiger partial charge in [-0.25, -0.2) is 0 Å². The minimum absolute atomic E-state index is 0.0165. The molecule has 1 saturated heterocycles. The van der Waals surface area contributed by atoms with E-state index in [4.69, 9.17) is 14.0 Å². The molecule has 1 amide bonds. The predicted molar refractivity (Wildman–Crippen MR) is 92.5 cm³/mol. The molecule has 0 aliphatic carbocycles. The second kappa shape index (κ2) is 8.16. The number of hydrogen-bond donors (Lipinski definition) is 1. The van der Waals surface area contributed by atoms with Gasteiger partial charge in [-0.3, -0.25) is 4.79 Å². The van der Waals surface area contributed by atoms with Gasteiger partial charge >= 0.3 is 0 Å². The predicted octanol–water partition coefficient (Wildman–Crippen LogP) is 2.58. The number of carbonyl (C=O) groups is 1. The van der Waals surface area contributed by atoms with Crippen LogP contribution in [0.25, 0.3) is 0 Å². The highest BCUT2D eigenvalue weighted by Gasteiger charge is 2.29. The third-order valence-corrected chi connectivity index (χ3v) is 4.45. The number of amides is 1. The number of hydrogen-bond acceptors (Lipinski definition) is 5. The van der Waals surface area contributed by atoms with Crippen molar-refractivity contribution in [1.82, 2.24) is 10.5 Å². The van der Waals surface area contributed by atoms with E-state index in [0.717, 1.165) is 29.2 Å².